The zero-order valence-corrected chi connectivity index (χ0v) is 18.7. The Bertz CT molecular complexity index is 892. The SMILES string of the molecule is O=C(O)CCCCCCC[P+](c1ccc(F)cc1)(c1ccc(F)cc1)c1ccc(F)cc1. The Morgan fingerprint density at radius 2 is 0.938 bits per heavy atom. The lowest BCUT2D eigenvalue weighted by Gasteiger charge is -2.28. The van der Waals surface area contributed by atoms with Gasteiger partial charge in [0.25, 0.3) is 0 Å². The van der Waals surface area contributed by atoms with E-state index in [1.165, 1.54) is 36.4 Å². The van der Waals surface area contributed by atoms with E-state index in [1.54, 1.807) is 36.4 Å². The summed E-state index contributed by atoms with van der Waals surface area (Å²) in [5, 5.41) is 11.7. The first-order chi connectivity index (χ1) is 15.4. The molecule has 3 aromatic rings. The molecule has 0 aliphatic carbocycles. The van der Waals surface area contributed by atoms with Crippen molar-refractivity contribution in [3.8, 4) is 0 Å². The molecule has 0 aliphatic heterocycles. The third kappa shape index (κ3) is 5.98. The van der Waals surface area contributed by atoms with Crippen molar-refractivity contribution in [3.63, 3.8) is 0 Å². The fourth-order valence-corrected chi connectivity index (χ4v) is 8.42. The molecule has 0 saturated heterocycles. The van der Waals surface area contributed by atoms with E-state index in [4.69, 9.17) is 5.11 Å². The third-order valence-corrected chi connectivity index (χ3v) is 10.2. The summed E-state index contributed by atoms with van der Waals surface area (Å²) in [6, 6.07) is 19.3. The number of carboxylic acids is 1. The highest BCUT2D eigenvalue weighted by molar-refractivity contribution is 7.95. The number of unbranched alkanes of at least 4 members (excludes halogenated alkanes) is 4. The molecular formula is C26H27F3O2P+. The van der Waals surface area contributed by atoms with Crippen LogP contribution in [-0.2, 0) is 4.79 Å². The van der Waals surface area contributed by atoms with Crippen molar-refractivity contribution in [1.82, 2.24) is 0 Å². The molecule has 0 heterocycles. The molecule has 1 N–H and O–H groups in total. The van der Waals surface area contributed by atoms with E-state index < -0.39 is 13.2 Å². The average Bonchev–Trinajstić information content (AvgIpc) is 2.78. The number of carbonyl (C=O) groups is 1. The molecule has 0 atom stereocenters. The summed E-state index contributed by atoms with van der Waals surface area (Å²) in [5.41, 5.74) is 0. The van der Waals surface area contributed by atoms with Crippen LogP contribution < -0.4 is 15.9 Å². The highest BCUT2D eigenvalue weighted by Gasteiger charge is 2.44. The minimum Gasteiger partial charge on any atom is -0.481 e. The van der Waals surface area contributed by atoms with Gasteiger partial charge in [-0.15, -0.1) is 0 Å². The van der Waals surface area contributed by atoms with Gasteiger partial charge >= 0.3 is 5.97 Å². The van der Waals surface area contributed by atoms with Gasteiger partial charge in [-0.3, -0.25) is 4.79 Å². The monoisotopic (exact) mass is 459 g/mol. The third-order valence-electron chi connectivity index (χ3n) is 5.69. The Balaban J connectivity index is 1.95. The predicted molar refractivity (Wildman–Crippen MR) is 125 cm³/mol. The predicted octanol–water partition coefficient (Wildman–Crippen LogP) is 5.82. The van der Waals surface area contributed by atoms with E-state index in [2.05, 4.69) is 0 Å². The lowest BCUT2D eigenvalue weighted by atomic mass is 10.1. The van der Waals surface area contributed by atoms with Crippen molar-refractivity contribution in [1.29, 1.82) is 0 Å². The lowest BCUT2D eigenvalue weighted by molar-refractivity contribution is -0.137. The number of hydrogen-bond donors (Lipinski definition) is 1. The molecule has 0 amide bonds. The maximum atomic E-state index is 13.7. The Hall–Kier alpha value is -2.65. The molecule has 3 aromatic carbocycles. The molecule has 0 aliphatic rings. The van der Waals surface area contributed by atoms with Gasteiger partial charge in [0.1, 0.15) is 40.6 Å². The van der Waals surface area contributed by atoms with Crippen molar-refractivity contribution in [2.75, 3.05) is 6.16 Å². The van der Waals surface area contributed by atoms with Crippen LogP contribution in [0.5, 0.6) is 0 Å². The summed E-state index contributed by atoms with van der Waals surface area (Å²) in [5.74, 6) is -1.77. The number of aliphatic carboxylic acids is 1. The molecule has 0 aromatic heterocycles. The van der Waals surface area contributed by atoms with Crippen LogP contribution in [0.15, 0.2) is 72.8 Å². The van der Waals surface area contributed by atoms with Crippen LogP contribution in [0.25, 0.3) is 0 Å². The lowest BCUT2D eigenvalue weighted by Crippen LogP contribution is -2.33. The first kappa shape index (κ1) is 24.0. The van der Waals surface area contributed by atoms with Crippen molar-refractivity contribution < 1.29 is 23.1 Å². The minimum atomic E-state index is -2.28. The highest BCUT2D eigenvalue weighted by Crippen LogP contribution is 2.56. The van der Waals surface area contributed by atoms with Crippen LogP contribution >= 0.6 is 7.26 Å². The molecule has 0 saturated carbocycles. The molecule has 168 valence electrons. The Kier molecular flexibility index (Phi) is 8.46. The van der Waals surface area contributed by atoms with Crippen LogP contribution in [0, 0.1) is 17.5 Å². The second-order valence-corrected chi connectivity index (χ2v) is 11.5. The van der Waals surface area contributed by atoms with Crippen molar-refractivity contribution in [3.05, 3.63) is 90.2 Å². The minimum absolute atomic E-state index is 0.178. The van der Waals surface area contributed by atoms with Crippen molar-refractivity contribution >= 4 is 29.1 Å². The van der Waals surface area contributed by atoms with Gasteiger partial charge in [-0.25, -0.2) is 13.2 Å². The highest BCUT2D eigenvalue weighted by atomic mass is 31.2. The van der Waals surface area contributed by atoms with E-state index in [1.807, 2.05) is 0 Å². The van der Waals surface area contributed by atoms with E-state index in [0.717, 1.165) is 47.8 Å². The van der Waals surface area contributed by atoms with E-state index in [9.17, 15) is 18.0 Å². The van der Waals surface area contributed by atoms with Gasteiger partial charge in [0, 0.05) is 6.42 Å². The molecule has 0 spiro atoms. The van der Waals surface area contributed by atoms with E-state index >= 15 is 0 Å². The molecule has 0 fully saturated rings. The maximum Gasteiger partial charge on any atom is 0.303 e. The largest absolute Gasteiger partial charge is 0.481 e. The normalized spacial score (nSPS) is 11.5. The van der Waals surface area contributed by atoms with Gasteiger partial charge in [-0.1, -0.05) is 12.8 Å². The summed E-state index contributed by atoms with van der Waals surface area (Å²) in [6.07, 6.45) is 5.17. The molecule has 3 rings (SSSR count). The van der Waals surface area contributed by atoms with E-state index in [0.29, 0.717) is 6.42 Å². The second-order valence-electron chi connectivity index (χ2n) is 7.87. The van der Waals surface area contributed by atoms with Gasteiger partial charge in [0.05, 0.1) is 6.16 Å². The first-order valence-electron chi connectivity index (χ1n) is 10.8. The Morgan fingerprint density at radius 1 is 0.594 bits per heavy atom. The molecule has 0 unspecified atom stereocenters. The van der Waals surface area contributed by atoms with Gasteiger partial charge < -0.3 is 5.11 Å². The number of benzene rings is 3. The topological polar surface area (TPSA) is 37.3 Å². The van der Waals surface area contributed by atoms with Crippen molar-refractivity contribution in [2.45, 2.75) is 38.5 Å². The first-order valence-corrected chi connectivity index (χ1v) is 12.8. The number of carboxylic acid groups (broad SMARTS) is 1. The van der Waals surface area contributed by atoms with Gasteiger partial charge in [0.15, 0.2) is 0 Å². The zero-order chi connectivity index (χ0) is 23.0. The van der Waals surface area contributed by atoms with Gasteiger partial charge in [-0.05, 0) is 92.1 Å². The molecule has 0 radical (unpaired) electrons. The fraction of sp³-hybridized carbons (Fsp3) is 0.269. The molecular weight excluding hydrogens is 432 g/mol. The smallest absolute Gasteiger partial charge is 0.303 e. The molecule has 32 heavy (non-hydrogen) atoms. The standard InChI is InChI=1S/C26H26F3O2P/c27-20-7-13-23(14-8-20)32(24-15-9-21(28)10-16-24,25-17-11-22(29)12-18-25)19-5-3-1-2-4-6-26(30)31/h7-18H,1-6,19H2/p+1. The zero-order valence-electron chi connectivity index (χ0n) is 17.8. The summed E-state index contributed by atoms with van der Waals surface area (Å²) in [4.78, 5) is 10.7. The fourth-order valence-electron chi connectivity index (χ4n) is 4.08. The number of halogens is 3. The van der Waals surface area contributed by atoms with E-state index in [-0.39, 0.29) is 23.9 Å². The molecule has 6 heteroatoms. The summed E-state index contributed by atoms with van der Waals surface area (Å²) in [6.45, 7) is 0. The van der Waals surface area contributed by atoms with Gasteiger partial charge in [-0.2, -0.15) is 0 Å². The molecule has 2 nitrogen and oxygen atoms in total. The van der Waals surface area contributed by atoms with Crippen LogP contribution in [0.4, 0.5) is 13.2 Å². The van der Waals surface area contributed by atoms with Crippen LogP contribution in [0.1, 0.15) is 38.5 Å². The maximum absolute atomic E-state index is 13.7. The number of hydrogen-bond acceptors (Lipinski definition) is 1. The number of rotatable bonds is 11. The molecule has 0 bridgehead atoms. The summed E-state index contributed by atoms with van der Waals surface area (Å²) < 4.78 is 41.2. The van der Waals surface area contributed by atoms with Crippen molar-refractivity contribution in [2.24, 2.45) is 0 Å². The van der Waals surface area contributed by atoms with Gasteiger partial charge in [0.2, 0.25) is 0 Å². The Morgan fingerprint density at radius 3 is 1.31 bits per heavy atom. The average molecular weight is 459 g/mol. The van der Waals surface area contributed by atoms with Crippen LogP contribution in [0.2, 0.25) is 0 Å². The summed E-state index contributed by atoms with van der Waals surface area (Å²) >= 11 is 0. The summed E-state index contributed by atoms with van der Waals surface area (Å²) in [7, 11) is -2.28. The quantitative estimate of drug-likeness (QED) is 0.290. The van der Waals surface area contributed by atoms with Crippen LogP contribution in [-0.4, -0.2) is 17.2 Å². The Labute approximate surface area is 187 Å². The second kappa shape index (κ2) is 11.3. The van der Waals surface area contributed by atoms with Crippen LogP contribution in [0.3, 0.4) is 0 Å².